The van der Waals surface area contributed by atoms with Crippen molar-refractivity contribution >= 4 is 33.7 Å². The molecule has 4 rings (SSSR count). The number of fused-ring (bicyclic) bond motifs is 1. The molecule has 2 aromatic rings. The average Bonchev–Trinajstić information content (AvgIpc) is 3.10. The van der Waals surface area contributed by atoms with Gasteiger partial charge in [-0.3, -0.25) is 24.4 Å². The number of aromatic nitrogens is 2. The van der Waals surface area contributed by atoms with Crippen molar-refractivity contribution in [2.24, 2.45) is 7.05 Å². The van der Waals surface area contributed by atoms with E-state index in [9.17, 15) is 14.4 Å². The number of amides is 3. The van der Waals surface area contributed by atoms with E-state index in [2.05, 4.69) is 26.3 Å². The minimum atomic E-state index is -0.763. The van der Waals surface area contributed by atoms with E-state index in [-0.39, 0.29) is 36.4 Å². The Balaban J connectivity index is 1.71. The van der Waals surface area contributed by atoms with Crippen LogP contribution in [0.15, 0.2) is 22.9 Å². The Bertz CT molecular complexity index is 971. The molecule has 134 valence electrons. The van der Waals surface area contributed by atoms with Gasteiger partial charge in [0, 0.05) is 35.7 Å². The van der Waals surface area contributed by atoms with Crippen molar-refractivity contribution in [2.45, 2.75) is 25.4 Å². The number of imide groups is 1. The van der Waals surface area contributed by atoms with Gasteiger partial charge in [-0.05, 0) is 28.4 Å². The summed E-state index contributed by atoms with van der Waals surface area (Å²) in [6.45, 7) is -0.00199. The lowest BCUT2D eigenvalue weighted by atomic mass is 10.0. The highest BCUT2D eigenvalue weighted by molar-refractivity contribution is 9.10. The van der Waals surface area contributed by atoms with E-state index in [1.165, 1.54) is 4.90 Å². The van der Waals surface area contributed by atoms with Crippen molar-refractivity contribution in [3.8, 4) is 11.1 Å². The second-order valence-electron chi connectivity index (χ2n) is 6.33. The quantitative estimate of drug-likeness (QED) is 0.750. The average molecular weight is 421 g/mol. The van der Waals surface area contributed by atoms with Crippen LogP contribution in [0.25, 0.3) is 11.1 Å². The lowest BCUT2D eigenvalue weighted by Gasteiger charge is -2.29. The highest BCUT2D eigenvalue weighted by Gasteiger charge is 2.40. The van der Waals surface area contributed by atoms with Gasteiger partial charge in [-0.1, -0.05) is 6.07 Å². The Morgan fingerprint density at radius 2 is 1.96 bits per heavy atom. The van der Waals surface area contributed by atoms with Crippen LogP contribution in [0.2, 0.25) is 0 Å². The Hall–Kier alpha value is -2.55. The Morgan fingerprint density at radius 1 is 1.23 bits per heavy atom. The number of benzene rings is 1. The summed E-state index contributed by atoms with van der Waals surface area (Å²) in [6.07, 6.45) is 1.95. The first-order valence-corrected chi connectivity index (χ1v) is 8.81. The first-order chi connectivity index (χ1) is 12.4. The summed E-state index contributed by atoms with van der Waals surface area (Å²) in [5.41, 5.74) is 1.42. The molecule has 0 spiro atoms. The van der Waals surface area contributed by atoms with Crippen LogP contribution in [0.5, 0.6) is 0 Å². The zero-order chi connectivity index (χ0) is 18.6. The molecule has 26 heavy (non-hydrogen) atoms. The molecule has 0 saturated carbocycles. The third kappa shape index (κ3) is 2.45. The number of carbonyl (C=O) groups excluding carboxylic acids is 3. The molecular formula is C17H14BrFN4O3. The van der Waals surface area contributed by atoms with Gasteiger partial charge in [-0.2, -0.15) is 5.10 Å². The fourth-order valence-electron chi connectivity index (χ4n) is 3.42. The molecule has 1 aromatic heterocycles. The first kappa shape index (κ1) is 16.9. The van der Waals surface area contributed by atoms with Gasteiger partial charge in [0.2, 0.25) is 11.8 Å². The fraction of sp³-hybridized carbons (Fsp3) is 0.294. The molecular weight excluding hydrogens is 407 g/mol. The number of aryl methyl sites for hydroxylation is 1. The van der Waals surface area contributed by atoms with Crippen LogP contribution >= 0.6 is 15.9 Å². The van der Waals surface area contributed by atoms with Crippen LogP contribution < -0.4 is 5.32 Å². The molecule has 1 unspecified atom stereocenters. The molecule has 7 nitrogen and oxygen atoms in total. The molecule has 0 bridgehead atoms. The smallest absolute Gasteiger partial charge is 0.255 e. The van der Waals surface area contributed by atoms with E-state index in [0.717, 1.165) is 0 Å². The molecule has 3 amide bonds. The first-order valence-electron chi connectivity index (χ1n) is 8.02. The van der Waals surface area contributed by atoms with Gasteiger partial charge in [0.25, 0.3) is 5.91 Å². The van der Waals surface area contributed by atoms with Crippen molar-refractivity contribution in [1.29, 1.82) is 0 Å². The third-order valence-electron chi connectivity index (χ3n) is 4.81. The van der Waals surface area contributed by atoms with Gasteiger partial charge >= 0.3 is 0 Å². The second-order valence-corrected chi connectivity index (χ2v) is 7.08. The summed E-state index contributed by atoms with van der Waals surface area (Å²) >= 11 is 3.37. The standard InChI is InChI=1S/C17H14BrFN4O3/c1-22-15(18)10(6-20-22)8-2-3-9-11(14(8)19)7-23(17(9)26)12-4-5-13(24)21-16(12)25/h2-3,6,12H,4-5,7H2,1H3,(H,21,24,25). The summed E-state index contributed by atoms with van der Waals surface area (Å²) in [5, 5.41) is 6.32. The summed E-state index contributed by atoms with van der Waals surface area (Å²) in [4.78, 5) is 37.4. The normalized spacial score (nSPS) is 19.7. The summed E-state index contributed by atoms with van der Waals surface area (Å²) < 4.78 is 17.3. The van der Waals surface area contributed by atoms with Gasteiger partial charge < -0.3 is 4.90 Å². The van der Waals surface area contributed by atoms with Crippen LogP contribution in [0.3, 0.4) is 0 Å². The number of nitrogens with one attached hydrogen (secondary N) is 1. The van der Waals surface area contributed by atoms with Gasteiger partial charge in [-0.25, -0.2) is 4.39 Å². The van der Waals surface area contributed by atoms with Crippen molar-refractivity contribution in [3.63, 3.8) is 0 Å². The zero-order valence-electron chi connectivity index (χ0n) is 13.8. The van der Waals surface area contributed by atoms with Crippen LogP contribution in [-0.4, -0.2) is 38.4 Å². The predicted molar refractivity (Wildman–Crippen MR) is 92.3 cm³/mol. The minimum Gasteiger partial charge on any atom is -0.322 e. The summed E-state index contributed by atoms with van der Waals surface area (Å²) in [7, 11) is 1.73. The van der Waals surface area contributed by atoms with E-state index in [0.29, 0.717) is 15.7 Å². The lowest BCUT2D eigenvalue weighted by molar-refractivity contribution is -0.136. The van der Waals surface area contributed by atoms with Gasteiger partial charge in [-0.15, -0.1) is 0 Å². The number of rotatable bonds is 2. The Labute approximate surface area is 156 Å². The highest BCUT2D eigenvalue weighted by Crippen LogP contribution is 2.36. The molecule has 2 aliphatic heterocycles. The monoisotopic (exact) mass is 420 g/mol. The molecule has 1 saturated heterocycles. The van der Waals surface area contributed by atoms with Crippen LogP contribution in [0.1, 0.15) is 28.8 Å². The van der Waals surface area contributed by atoms with Crippen LogP contribution in [0.4, 0.5) is 4.39 Å². The maximum absolute atomic E-state index is 15.1. The molecule has 3 heterocycles. The fourth-order valence-corrected chi connectivity index (χ4v) is 3.82. The van der Waals surface area contributed by atoms with Gasteiger partial charge in [0.1, 0.15) is 16.5 Å². The van der Waals surface area contributed by atoms with Crippen molar-refractivity contribution in [1.82, 2.24) is 20.0 Å². The Kier molecular flexibility index (Phi) is 3.91. The maximum atomic E-state index is 15.1. The van der Waals surface area contributed by atoms with Gasteiger partial charge in [0.15, 0.2) is 0 Å². The molecule has 0 aliphatic carbocycles. The summed E-state index contributed by atoms with van der Waals surface area (Å²) in [5.74, 6) is -1.77. The van der Waals surface area contributed by atoms with E-state index in [4.69, 9.17) is 0 Å². The second kappa shape index (κ2) is 6.01. The summed E-state index contributed by atoms with van der Waals surface area (Å²) in [6, 6.07) is 2.35. The highest BCUT2D eigenvalue weighted by atomic mass is 79.9. The zero-order valence-corrected chi connectivity index (χ0v) is 15.3. The van der Waals surface area contributed by atoms with Crippen LogP contribution in [-0.2, 0) is 23.2 Å². The largest absolute Gasteiger partial charge is 0.322 e. The van der Waals surface area contributed by atoms with Crippen molar-refractivity contribution in [2.75, 3.05) is 0 Å². The number of halogens is 2. The molecule has 1 fully saturated rings. The SMILES string of the molecule is Cn1ncc(-c2ccc3c(c2F)CN(C2CCC(=O)NC2=O)C3=O)c1Br. The minimum absolute atomic E-state index is 0.00199. The van der Waals surface area contributed by atoms with Crippen molar-refractivity contribution < 1.29 is 18.8 Å². The molecule has 1 atom stereocenters. The van der Waals surface area contributed by atoms with E-state index in [1.54, 1.807) is 30.1 Å². The molecule has 9 heteroatoms. The Morgan fingerprint density at radius 3 is 2.62 bits per heavy atom. The lowest BCUT2D eigenvalue weighted by Crippen LogP contribution is -2.52. The number of hydrogen-bond acceptors (Lipinski definition) is 4. The molecule has 1 N–H and O–H groups in total. The topological polar surface area (TPSA) is 84.3 Å². The predicted octanol–water partition coefficient (Wildman–Crippen LogP) is 1.75. The van der Waals surface area contributed by atoms with Gasteiger partial charge in [0.05, 0.1) is 12.7 Å². The number of hydrogen-bond donors (Lipinski definition) is 1. The van der Waals surface area contributed by atoms with Crippen LogP contribution in [0, 0.1) is 5.82 Å². The van der Waals surface area contributed by atoms with E-state index < -0.39 is 23.7 Å². The molecule has 2 aliphatic rings. The molecule has 0 radical (unpaired) electrons. The number of piperidine rings is 1. The van der Waals surface area contributed by atoms with Crippen molar-refractivity contribution in [3.05, 3.63) is 39.9 Å². The number of nitrogens with zero attached hydrogens (tertiary/aromatic N) is 3. The van der Waals surface area contributed by atoms with E-state index in [1.807, 2.05) is 0 Å². The third-order valence-corrected chi connectivity index (χ3v) is 5.75. The molecule has 1 aromatic carbocycles. The maximum Gasteiger partial charge on any atom is 0.255 e. The number of carbonyl (C=O) groups is 3. The van der Waals surface area contributed by atoms with E-state index >= 15 is 4.39 Å².